The second-order valence-electron chi connectivity index (χ2n) is 5.55. The van der Waals surface area contributed by atoms with Crippen molar-refractivity contribution in [3.63, 3.8) is 0 Å². The summed E-state index contributed by atoms with van der Waals surface area (Å²) in [5.74, 6) is -0.888. The van der Waals surface area contributed by atoms with Gasteiger partial charge in [0.1, 0.15) is 6.04 Å². The molecule has 0 unspecified atom stereocenters. The first-order chi connectivity index (χ1) is 8.40. The lowest BCUT2D eigenvalue weighted by atomic mass is 10.0. The number of aliphatic carboxylic acids is 1. The molecule has 1 amide bonds. The lowest BCUT2D eigenvalue weighted by Crippen LogP contribution is -2.46. The molecule has 0 aromatic heterocycles. The third kappa shape index (κ3) is 4.64. The fourth-order valence-corrected chi connectivity index (χ4v) is 2.34. The van der Waals surface area contributed by atoms with E-state index in [4.69, 9.17) is 5.11 Å². The van der Waals surface area contributed by atoms with Crippen molar-refractivity contribution in [1.29, 1.82) is 0 Å². The average molecular weight is 256 g/mol. The molecule has 5 nitrogen and oxygen atoms in total. The van der Waals surface area contributed by atoms with E-state index in [-0.39, 0.29) is 11.8 Å². The maximum atomic E-state index is 11.8. The number of rotatable bonds is 6. The minimum atomic E-state index is -0.952. The molecule has 2 N–H and O–H groups in total. The third-order valence-corrected chi connectivity index (χ3v) is 3.38. The molecule has 0 aromatic rings. The molecule has 1 fully saturated rings. The topological polar surface area (TPSA) is 69.6 Å². The highest BCUT2D eigenvalue weighted by Gasteiger charge is 2.25. The Labute approximate surface area is 109 Å². The monoisotopic (exact) mass is 256 g/mol. The predicted octanol–water partition coefficient (Wildman–Crippen LogP) is 1.09. The highest BCUT2D eigenvalue weighted by Crippen LogP contribution is 2.15. The standard InChI is InChI=1S/C13H24N2O3/c1-9(2)7-11(13(17)18)14-12(16)8-15-6-4-5-10(15)3/h9-11H,4-8H2,1-3H3,(H,14,16)(H,17,18)/t10-,11-/m0/s1. The molecule has 18 heavy (non-hydrogen) atoms. The van der Waals surface area contributed by atoms with Crippen molar-refractivity contribution in [2.24, 2.45) is 5.92 Å². The third-order valence-electron chi connectivity index (χ3n) is 3.38. The summed E-state index contributed by atoms with van der Waals surface area (Å²) in [6.45, 7) is 7.23. The zero-order chi connectivity index (χ0) is 13.7. The maximum absolute atomic E-state index is 11.8. The number of likely N-dealkylation sites (tertiary alicyclic amines) is 1. The minimum absolute atomic E-state index is 0.184. The predicted molar refractivity (Wildman–Crippen MR) is 69.3 cm³/mol. The SMILES string of the molecule is CC(C)C[C@H](NC(=O)CN1CCC[C@@H]1C)C(=O)O. The summed E-state index contributed by atoms with van der Waals surface area (Å²) in [5, 5.41) is 11.7. The van der Waals surface area contributed by atoms with Crippen LogP contribution >= 0.6 is 0 Å². The first kappa shape index (κ1) is 15.0. The van der Waals surface area contributed by atoms with Crippen LogP contribution in [0.2, 0.25) is 0 Å². The van der Waals surface area contributed by atoms with Gasteiger partial charge < -0.3 is 10.4 Å². The summed E-state index contributed by atoms with van der Waals surface area (Å²) in [6, 6.07) is -0.348. The van der Waals surface area contributed by atoms with Crippen molar-refractivity contribution < 1.29 is 14.7 Å². The second kappa shape index (κ2) is 6.73. The number of carbonyl (C=O) groups excluding carboxylic acids is 1. The summed E-state index contributed by atoms with van der Waals surface area (Å²) in [6.07, 6.45) is 2.70. The average Bonchev–Trinajstić information content (AvgIpc) is 2.62. The zero-order valence-electron chi connectivity index (χ0n) is 11.5. The number of nitrogens with one attached hydrogen (secondary N) is 1. The van der Waals surface area contributed by atoms with Crippen LogP contribution in [0.4, 0.5) is 0 Å². The molecule has 5 heteroatoms. The van der Waals surface area contributed by atoms with E-state index >= 15 is 0 Å². The van der Waals surface area contributed by atoms with Crippen molar-refractivity contribution in [2.75, 3.05) is 13.1 Å². The molecule has 0 aliphatic carbocycles. The molecule has 1 aliphatic rings. The van der Waals surface area contributed by atoms with Gasteiger partial charge in [-0.05, 0) is 38.6 Å². The van der Waals surface area contributed by atoms with Crippen molar-refractivity contribution in [3.8, 4) is 0 Å². The van der Waals surface area contributed by atoms with Gasteiger partial charge in [-0.15, -0.1) is 0 Å². The van der Waals surface area contributed by atoms with Gasteiger partial charge in [0, 0.05) is 6.04 Å². The maximum Gasteiger partial charge on any atom is 0.326 e. The number of hydrogen-bond acceptors (Lipinski definition) is 3. The number of hydrogen-bond donors (Lipinski definition) is 2. The van der Waals surface area contributed by atoms with Gasteiger partial charge in [-0.3, -0.25) is 9.69 Å². The Morgan fingerprint density at radius 1 is 1.44 bits per heavy atom. The van der Waals surface area contributed by atoms with Gasteiger partial charge in [0.25, 0.3) is 0 Å². The summed E-state index contributed by atoms with van der Waals surface area (Å²) in [5.41, 5.74) is 0. The minimum Gasteiger partial charge on any atom is -0.480 e. The van der Waals surface area contributed by atoms with E-state index in [0.29, 0.717) is 19.0 Å². The van der Waals surface area contributed by atoms with Crippen LogP contribution in [0.5, 0.6) is 0 Å². The van der Waals surface area contributed by atoms with Crippen molar-refractivity contribution >= 4 is 11.9 Å². The van der Waals surface area contributed by atoms with Crippen LogP contribution in [0.25, 0.3) is 0 Å². The number of nitrogens with zero attached hydrogens (tertiary/aromatic N) is 1. The van der Waals surface area contributed by atoms with Gasteiger partial charge in [-0.2, -0.15) is 0 Å². The molecule has 104 valence electrons. The van der Waals surface area contributed by atoms with Crippen LogP contribution in [0.1, 0.15) is 40.0 Å². The van der Waals surface area contributed by atoms with Crippen LogP contribution in [0.3, 0.4) is 0 Å². The van der Waals surface area contributed by atoms with Crippen LogP contribution in [-0.4, -0.2) is 47.1 Å². The first-order valence-electron chi connectivity index (χ1n) is 6.66. The Balaban J connectivity index is 2.43. The highest BCUT2D eigenvalue weighted by atomic mass is 16.4. The van der Waals surface area contributed by atoms with Gasteiger partial charge in [0.05, 0.1) is 6.54 Å². The molecule has 0 bridgehead atoms. The van der Waals surface area contributed by atoms with Crippen molar-refractivity contribution in [3.05, 3.63) is 0 Å². The van der Waals surface area contributed by atoms with E-state index < -0.39 is 12.0 Å². The fourth-order valence-electron chi connectivity index (χ4n) is 2.34. The van der Waals surface area contributed by atoms with Gasteiger partial charge in [-0.1, -0.05) is 13.8 Å². The van der Waals surface area contributed by atoms with Gasteiger partial charge in [0.15, 0.2) is 0 Å². The Kier molecular flexibility index (Phi) is 5.59. The van der Waals surface area contributed by atoms with Gasteiger partial charge >= 0.3 is 5.97 Å². The summed E-state index contributed by atoms with van der Waals surface area (Å²) < 4.78 is 0. The Hall–Kier alpha value is -1.10. The molecule has 1 saturated heterocycles. The van der Waals surface area contributed by atoms with E-state index in [2.05, 4.69) is 17.1 Å². The molecular formula is C13H24N2O3. The second-order valence-corrected chi connectivity index (χ2v) is 5.55. The Bertz CT molecular complexity index is 305. The van der Waals surface area contributed by atoms with Crippen molar-refractivity contribution in [1.82, 2.24) is 10.2 Å². The lowest BCUT2D eigenvalue weighted by Gasteiger charge is -2.22. The fraction of sp³-hybridized carbons (Fsp3) is 0.846. The number of amides is 1. The number of carbonyl (C=O) groups is 2. The smallest absolute Gasteiger partial charge is 0.326 e. The molecule has 0 aromatic carbocycles. The van der Waals surface area contributed by atoms with Crippen LogP contribution in [0.15, 0.2) is 0 Å². The largest absolute Gasteiger partial charge is 0.480 e. The van der Waals surface area contributed by atoms with Gasteiger partial charge in [0.2, 0.25) is 5.91 Å². The summed E-state index contributed by atoms with van der Waals surface area (Å²) >= 11 is 0. The quantitative estimate of drug-likeness (QED) is 0.746. The van der Waals surface area contributed by atoms with Gasteiger partial charge in [-0.25, -0.2) is 4.79 Å². The number of carboxylic acid groups (broad SMARTS) is 1. The molecule has 0 radical (unpaired) electrons. The first-order valence-corrected chi connectivity index (χ1v) is 6.66. The highest BCUT2D eigenvalue weighted by molar-refractivity contribution is 5.84. The van der Waals surface area contributed by atoms with Crippen LogP contribution in [0, 0.1) is 5.92 Å². The van der Waals surface area contributed by atoms with E-state index in [1.807, 2.05) is 13.8 Å². The summed E-state index contributed by atoms with van der Waals surface area (Å²) in [4.78, 5) is 25.0. The van der Waals surface area contributed by atoms with Crippen LogP contribution in [-0.2, 0) is 9.59 Å². The van der Waals surface area contributed by atoms with E-state index in [1.54, 1.807) is 0 Å². The Morgan fingerprint density at radius 2 is 2.11 bits per heavy atom. The summed E-state index contributed by atoms with van der Waals surface area (Å²) in [7, 11) is 0. The normalized spacial score (nSPS) is 22.1. The van der Waals surface area contributed by atoms with Crippen LogP contribution < -0.4 is 5.32 Å². The van der Waals surface area contributed by atoms with E-state index in [1.165, 1.54) is 0 Å². The van der Waals surface area contributed by atoms with E-state index in [9.17, 15) is 9.59 Å². The lowest BCUT2D eigenvalue weighted by molar-refractivity contribution is -0.142. The molecule has 2 atom stereocenters. The molecule has 1 aliphatic heterocycles. The molecular weight excluding hydrogens is 232 g/mol. The number of carboxylic acids is 1. The van der Waals surface area contributed by atoms with Crippen molar-refractivity contribution in [2.45, 2.75) is 52.1 Å². The van der Waals surface area contributed by atoms with E-state index in [0.717, 1.165) is 19.4 Å². The molecule has 0 saturated carbocycles. The zero-order valence-corrected chi connectivity index (χ0v) is 11.5. The molecule has 0 spiro atoms. The Morgan fingerprint density at radius 3 is 2.56 bits per heavy atom. The molecule has 1 rings (SSSR count). The molecule has 1 heterocycles.